The summed E-state index contributed by atoms with van der Waals surface area (Å²) in [6.45, 7) is 2.25. The Hall–Kier alpha value is -1.88. The Labute approximate surface area is 181 Å². The molecule has 0 radical (unpaired) electrons. The van der Waals surface area contributed by atoms with E-state index in [9.17, 15) is 14.7 Å². The van der Waals surface area contributed by atoms with Crippen LogP contribution in [0.15, 0.2) is 24.3 Å². The molecule has 1 N–H and O–H groups in total. The van der Waals surface area contributed by atoms with Crippen LogP contribution < -0.4 is 0 Å². The average Bonchev–Trinajstić information content (AvgIpc) is 2.82. The van der Waals surface area contributed by atoms with Crippen molar-refractivity contribution in [2.75, 3.05) is 0 Å². The van der Waals surface area contributed by atoms with Gasteiger partial charge in [0.05, 0.1) is 17.5 Å². The summed E-state index contributed by atoms with van der Waals surface area (Å²) in [7, 11) is 0. The fourth-order valence-electron chi connectivity index (χ4n) is 3.90. The van der Waals surface area contributed by atoms with Crippen LogP contribution in [0.3, 0.4) is 0 Å². The van der Waals surface area contributed by atoms with Gasteiger partial charge in [-0.05, 0) is 18.6 Å². The number of fused-ring (bicyclic) bond motifs is 1. The van der Waals surface area contributed by atoms with Gasteiger partial charge in [-0.1, -0.05) is 103 Å². The second-order valence-electron chi connectivity index (χ2n) is 8.38. The molecule has 30 heavy (non-hydrogen) atoms. The minimum absolute atomic E-state index is 0.0937. The number of cyclic esters (lactones) is 2. The first-order valence-electron chi connectivity index (χ1n) is 11.8. The van der Waals surface area contributed by atoms with Crippen molar-refractivity contribution in [2.45, 2.75) is 109 Å². The van der Waals surface area contributed by atoms with Crippen LogP contribution in [0, 0.1) is 0 Å². The molecule has 0 spiro atoms. The quantitative estimate of drug-likeness (QED) is 0.259. The number of hydrogen-bond donors (Lipinski definition) is 1. The van der Waals surface area contributed by atoms with Crippen LogP contribution in [0.5, 0.6) is 0 Å². The summed E-state index contributed by atoms with van der Waals surface area (Å²) in [4.78, 5) is 24.4. The molecule has 0 fully saturated rings. The molecule has 1 aliphatic heterocycles. The summed E-state index contributed by atoms with van der Waals surface area (Å²) < 4.78 is 10.2. The maximum absolute atomic E-state index is 12.2. The highest BCUT2D eigenvalue weighted by molar-refractivity contribution is 6.04. The van der Waals surface area contributed by atoms with Crippen molar-refractivity contribution < 1.29 is 24.2 Å². The number of ether oxygens (including phenoxy) is 2. The molecule has 0 aliphatic carbocycles. The van der Waals surface area contributed by atoms with Crippen molar-refractivity contribution in [3.8, 4) is 0 Å². The van der Waals surface area contributed by atoms with Crippen molar-refractivity contribution in [2.24, 2.45) is 0 Å². The highest BCUT2D eigenvalue weighted by Crippen LogP contribution is 2.27. The van der Waals surface area contributed by atoms with Crippen molar-refractivity contribution in [3.05, 3.63) is 35.4 Å². The number of rotatable bonds is 15. The van der Waals surface area contributed by atoms with Crippen molar-refractivity contribution in [1.82, 2.24) is 0 Å². The van der Waals surface area contributed by atoms with Crippen LogP contribution >= 0.6 is 0 Å². The van der Waals surface area contributed by atoms with E-state index >= 15 is 0 Å². The highest BCUT2D eigenvalue weighted by atomic mass is 16.8. The summed E-state index contributed by atoms with van der Waals surface area (Å²) in [5, 5.41) is 10.5. The fourth-order valence-corrected chi connectivity index (χ4v) is 3.90. The third kappa shape index (κ3) is 8.47. The molecule has 0 atom stereocenters. The van der Waals surface area contributed by atoms with E-state index in [1.165, 1.54) is 82.8 Å². The van der Waals surface area contributed by atoms with E-state index < -0.39 is 17.9 Å². The predicted molar refractivity (Wildman–Crippen MR) is 117 cm³/mol. The average molecular weight is 419 g/mol. The lowest BCUT2D eigenvalue weighted by Crippen LogP contribution is -2.37. The normalized spacial score (nSPS) is 15.3. The predicted octanol–water partition coefficient (Wildman–Crippen LogP) is 6.53. The maximum Gasteiger partial charge on any atom is 0.373 e. The van der Waals surface area contributed by atoms with Gasteiger partial charge in [0.2, 0.25) is 0 Å². The molecular formula is C25H38O5. The zero-order chi connectivity index (χ0) is 21.7. The summed E-state index contributed by atoms with van der Waals surface area (Å²) in [6, 6.07) is 6.28. The van der Waals surface area contributed by atoms with E-state index in [2.05, 4.69) is 6.92 Å². The van der Waals surface area contributed by atoms with Crippen molar-refractivity contribution >= 4 is 11.9 Å². The largest absolute Gasteiger partial charge is 0.394 e. The second kappa shape index (κ2) is 13.4. The van der Waals surface area contributed by atoms with Crippen molar-refractivity contribution in [1.29, 1.82) is 0 Å². The van der Waals surface area contributed by atoms with Crippen LogP contribution in [0.25, 0.3) is 0 Å². The molecule has 2 rings (SSSR count). The Morgan fingerprint density at radius 2 is 1.03 bits per heavy atom. The Morgan fingerprint density at radius 1 is 0.667 bits per heavy atom. The van der Waals surface area contributed by atoms with E-state index in [1.54, 1.807) is 12.1 Å². The summed E-state index contributed by atoms with van der Waals surface area (Å²) in [5.41, 5.74) is 0.249. The first kappa shape index (κ1) is 24.4. The Balaban J connectivity index is 1.53. The van der Waals surface area contributed by atoms with Gasteiger partial charge in [-0.3, -0.25) is 0 Å². The lowest BCUT2D eigenvalue weighted by atomic mass is 10.0. The molecule has 0 amide bonds. The van der Waals surface area contributed by atoms with Crippen LogP contribution in [0.2, 0.25) is 0 Å². The first-order valence-corrected chi connectivity index (χ1v) is 11.8. The van der Waals surface area contributed by atoms with Gasteiger partial charge in [-0.25, -0.2) is 9.59 Å². The number of hydrogen-bond acceptors (Lipinski definition) is 5. The van der Waals surface area contributed by atoms with E-state index in [1.807, 2.05) is 0 Å². The number of carbonyl (C=O) groups is 2. The third-order valence-electron chi connectivity index (χ3n) is 5.72. The molecule has 0 aromatic heterocycles. The molecule has 1 aromatic rings. The van der Waals surface area contributed by atoms with Gasteiger partial charge in [0.15, 0.2) is 0 Å². The first-order chi connectivity index (χ1) is 14.6. The van der Waals surface area contributed by atoms with Gasteiger partial charge < -0.3 is 14.6 Å². The number of benzene rings is 1. The van der Waals surface area contributed by atoms with Gasteiger partial charge in [-0.2, -0.15) is 0 Å². The molecule has 5 nitrogen and oxygen atoms in total. The second-order valence-corrected chi connectivity index (χ2v) is 8.38. The summed E-state index contributed by atoms with van der Waals surface area (Å²) >= 11 is 0. The molecule has 0 unspecified atom stereocenters. The standard InChI is InChI=1S/C25H38O5/c1-2-3-4-5-6-7-8-9-10-11-12-13-14-17-20-25(28)29-23(26)21-18-15-16-19-22(21)24(27)30-25/h15-16,18-19,28H,2-14,17,20H2,1H3. The Bertz CT molecular complexity index is 618. The van der Waals surface area contributed by atoms with E-state index in [0.717, 1.165) is 12.8 Å². The zero-order valence-electron chi connectivity index (χ0n) is 18.5. The fraction of sp³-hybridized carbons (Fsp3) is 0.680. The van der Waals surface area contributed by atoms with Crippen LogP contribution in [0.4, 0.5) is 0 Å². The molecular weight excluding hydrogens is 380 g/mol. The van der Waals surface area contributed by atoms with Gasteiger partial charge in [-0.15, -0.1) is 0 Å². The van der Waals surface area contributed by atoms with Crippen LogP contribution in [-0.4, -0.2) is 23.0 Å². The monoisotopic (exact) mass is 418 g/mol. The minimum atomic E-state index is -2.18. The molecule has 1 heterocycles. The van der Waals surface area contributed by atoms with Crippen LogP contribution in [-0.2, 0) is 9.47 Å². The number of carbonyl (C=O) groups excluding carboxylic acids is 2. The molecule has 1 aliphatic rings. The molecule has 0 saturated carbocycles. The molecule has 168 valence electrons. The number of aliphatic hydroxyl groups is 1. The van der Waals surface area contributed by atoms with Gasteiger partial charge >= 0.3 is 17.9 Å². The maximum atomic E-state index is 12.2. The number of esters is 2. The van der Waals surface area contributed by atoms with E-state index in [4.69, 9.17) is 9.47 Å². The highest BCUT2D eigenvalue weighted by Gasteiger charge is 2.41. The minimum Gasteiger partial charge on any atom is -0.394 e. The lowest BCUT2D eigenvalue weighted by molar-refractivity contribution is -0.306. The molecule has 0 saturated heterocycles. The van der Waals surface area contributed by atoms with Crippen LogP contribution in [0.1, 0.15) is 124 Å². The number of unbranched alkanes of at least 4 members (excludes halogenated alkanes) is 13. The van der Waals surface area contributed by atoms with E-state index in [0.29, 0.717) is 6.42 Å². The van der Waals surface area contributed by atoms with Crippen molar-refractivity contribution in [3.63, 3.8) is 0 Å². The molecule has 0 bridgehead atoms. The summed E-state index contributed by atoms with van der Waals surface area (Å²) in [6.07, 6.45) is 17.2. The van der Waals surface area contributed by atoms with Gasteiger partial charge in [0, 0.05) is 0 Å². The smallest absolute Gasteiger partial charge is 0.373 e. The Morgan fingerprint density at radius 3 is 1.43 bits per heavy atom. The summed E-state index contributed by atoms with van der Waals surface area (Å²) in [5.74, 6) is -3.64. The Kier molecular flexibility index (Phi) is 10.9. The molecule has 5 heteroatoms. The van der Waals surface area contributed by atoms with E-state index in [-0.39, 0.29) is 17.5 Å². The third-order valence-corrected chi connectivity index (χ3v) is 5.72. The SMILES string of the molecule is CCCCCCCCCCCCCCCCC1(O)OC(=O)c2ccccc2C(=O)O1. The van der Waals surface area contributed by atoms with Gasteiger partial charge in [0.1, 0.15) is 0 Å². The van der Waals surface area contributed by atoms with Gasteiger partial charge in [0.25, 0.3) is 0 Å². The molecule has 1 aromatic carbocycles. The zero-order valence-corrected chi connectivity index (χ0v) is 18.5. The lowest BCUT2D eigenvalue weighted by Gasteiger charge is -2.24. The topological polar surface area (TPSA) is 72.8 Å².